The summed E-state index contributed by atoms with van der Waals surface area (Å²) in [5.41, 5.74) is 17.3. The Morgan fingerprint density at radius 3 is 2.73 bits per heavy atom. The lowest BCUT2D eigenvalue weighted by molar-refractivity contribution is 0.100. The maximum atomic E-state index is 11.5. The number of amides is 1. The molecule has 0 atom stereocenters. The molecule has 0 unspecified atom stereocenters. The van der Waals surface area contributed by atoms with Crippen LogP contribution in [-0.2, 0) is 6.54 Å². The first-order valence-electron chi connectivity index (χ1n) is 11.9. The Hall–Kier alpha value is -4.76. The zero-order valence-corrected chi connectivity index (χ0v) is 20.4. The van der Waals surface area contributed by atoms with Crippen molar-refractivity contribution in [2.75, 3.05) is 18.5 Å². The SMILES string of the molecule is Cc1cccc(-c2[nH]c(CNc3cccc(C(N)=O)c3)nc2-c2ccc3ncc(OCCN)cc3c2)n1. The third kappa shape index (κ3) is 5.41. The molecule has 0 saturated carbocycles. The fourth-order valence-corrected chi connectivity index (χ4v) is 4.07. The summed E-state index contributed by atoms with van der Waals surface area (Å²) in [4.78, 5) is 29.1. The summed E-state index contributed by atoms with van der Waals surface area (Å²) in [5, 5.41) is 4.24. The van der Waals surface area contributed by atoms with E-state index in [9.17, 15) is 4.79 Å². The van der Waals surface area contributed by atoms with E-state index in [4.69, 9.17) is 26.2 Å². The topological polar surface area (TPSA) is 145 Å². The highest BCUT2D eigenvalue weighted by Gasteiger charge is 2.16. The number of aromatic amines is 1. The normalized spacial score (nSPS) is 11.0. The van der Waals surface area contributed by atoms with Gasteiger partial charge in [0.1, 0.15) is 18.2 Å². The summed E-state index contributed by atoms with van der Waals surface area (Å²) < 4.78 is 5.66. The van der Waals surface area contributed by atoms with Gasteiger partial charge in [-0.2, -0.15) is 0 Å². The first-order chi connectivity index (χ1) is 18.0. The van der Waals surface area contributed by atoms with Crippen LogP contribution in [0.2, 0.25) is 0 Å². The summed E-state index contributed by atoms with van der Waals surface area (Å²) in [6, 6.07) is 20.9. The highest BCUT2D eigenvalue weighted by atomic mass is 16.5. The van der Waals surface area contributed by atoms with Gasteiger partial charge in [0.05, 0.1) is 35.3 Å². The summed E-state index contributed by atoms with van der Waals surface area (Å²) in [5.74, 6) is 0.913. The number of benzene rings is 2. The minimum Gasteiger partial charge on any atom is -0.491 e. The number of hydrogen-bond donors (Lipinski definition) is 4. The number of nitrogens with zero attached hydrogens (tertiary/aromatic N) is 3. The second-order valence-corrected chi connectivity index (χ2v) is 8.59. The molecule has 1 amide bonds. The minimum atomic E-state index is -0.473. The highest BCUT2D eigenvalue weighted by molar-refractivity contribution is 5.93. The van der Waals surface area contributed by atoms with Gasteiger partial charge >= 0.3 is 0 Å². The maximum Gasteiger partial charge on any atom is 0.248 e. The minimum absolute atomic E-state index is 0.410. The number of anilines is 1. The fourth-order valence-electron chi connectivity index (χ4n) is 4.07. The Labute approximate surface area is 213 Å². The largest absolute Gasteiger partial charge is 0.491 e. The number of hydrogen-bond acceptors (Lipinski definition) is 7. The molecule has 9 heteroatoms. The highest BCUT2D eigenvalue weighted by Crippen LogP contribution is 2.32. The van der Waals surface area contributed by atoms with Gasteiger partial charge in [0.2, 0.25) is 5.91 Å². The zero-order chi connectivity index (χ0) is 25.8. The van der Waals surface area contributed by atoms with E-state index in [1.807, 2.05) is 55.5 Å². The second-order valence-electron chi connectivity index (χ2n) is 8.59. The first kappa shape index (κ1) is 24.0. The second kappa shape index (κ2) is 10.5. The van der Waals surface area contributed by atoms with Gasteiger partial charge in [-0.05, 0) is 55.5 Å². The number of ether oxygens (including phenoxy) is 1. The van der Waals surface area contributed by atoms with E-state index in [2.05, 4.69) is 15.3 Å². The van der Waals surface area contributed by atoms with Gasteiger partial charge < -0.3 is 26.5 Å². The van der Waals surface area contributed by atoms with Crippen LogP contribution in [0.4, 0.5) is 5.69 Å². The van der Waals surface area contributed by atoms with E-state index < -0.39 is 5.91 Å². The van der Waals surface area contributed by atoms with Crippen LogP contribution in [0, 0.1) is 6.92 Å². The molecular weight excluding hydrogens is 466 g/mol. The molecule has 0 fully saturated rings. The van der Waals surface area contributed by atoms with Crippen LogP contribution in [0.1, 0.15) is 21.9 Å². The molecule has 9 nitrogen and oxygen atoms in total. The number of aryl methyl sites for hydroxylation is 1. The number of fused-ring (bicyclic) bond motifs is 1. The zero-order valence-electron chi connectivity index (χ0n) is 20.4. The third-order valence-corrected chi connectivity index (χ3v) is 5.82. The molecule has 0 spiro atoms. The van der Waals surface area contributed by atoms with Crippen molar-refractivity contribution in [3.63, 3.8) is 0 Å². The van der Waals surface area contributed by atoms with E-state index >= 15 is 0 Å². The van der Waals surface area contributed by atoms with Crippen LogP contribution < -0.4 is 21.5 Å². The van der Waals surface area contributed by atoms with E-state index in [0.717, 1.165) is 50.8 Å². The number of nitrogens with two attached hydrogens (primary N) is 2. The van der Waals surface area contributed by atoms with E-state index in [1.54, 1.807) is 24.4 Å². The van der Waals surface area contributed by atoms with Crippen LogP contribution in [0.5, 0.6) is 5.75 Å². The molecule has 0 saturated heterocycles. The van der Waals surface area contributed by atoms with Crippen molar-refractivity contribution < 1.29 is 9.53 Å². The average molecular weight is 494 g/mol. The van der Waals surface area contributed by atoms with Crippen LogP contribution in [0.25, 0.3) is 33.5 Å². The van der Waals surface area contributed by atoms with Gasteiger partial charge in [-0.1, -0.05) is 18.2 Å². The van der Waals surface area contributed by atoms with E-state index in [1.165, 1.54) is 0 Å². The van der Waals surface area contributed by atoms with Crippen molar-refractivity contribution in [2.45, 2.75) is 13.5 Å². The fraction of sp³-hybridized carbons (Fsp3) is 0.143. The first-order valence-corrected chi connectivity index (χ1v) is 11.9. The number of primary amides is 1. The number of H-pyrrole nitrogens is 1. The molecule has 3 heterocycles. The van der Waals surface area contributed by atoms with Gasteiger partial charge in [0, 0.05) is 34.4 Å². The molecule has 0 aliphatic carbocycles. The number of nitrogens with one attached hydrogen (secondary N) is 2. The summed E-state index contributed by atoms with van der Waals surface area (Å²) in [7, 11) is 0. The molecule has 5 aromatic rings. The number of pyridine rings is 2. The number of aromatic nitrogens is 4. The molecule has 0 radical (unpaired) electrons. The number of carbonyl (C=O) groups is 1. The molecular formula is C28H27N7O2. The lowest BCUT2D eigenvalue weighted by atomic mass is 10.1. The van der Waals surface area contributed by atoms with Crippen LogP contribution >= 0.6 is 0 Å². The molecule has 0 aliphatic heterocycles. The van der Waals surface area contributed by atoms with Gasteiger partial charge in [-0.3, -0.25) is 14.8 Å². The molecule has 0 aliphatic rings. The standard InChI is InChI=1S/C28H27N7O2/c1-17-4-2-7-24(33-17)27-26(18-8-9-23-20(12-18)14-22(15-32-23)37-11-10-29)34-25(35-27)16-31-21-6-3-5-19(13-21)28(30)36/h2-9,12-15,31H,10-11,16,29H2,1H3,(H2,30,36)(H,34,35). The Balaban J connectivity index is 1.52. The average Bonchev–Trinajstić information content (AvgIpc) is 3.35. The third-order valence-electron chi connectivity index (χ3n) is 5.82. The Morgan fingerprint density at radius 1 is 1.05 bits per heavy atom. The van der Waals surface area contributed by atoms with Crippen molar-refractivity contribution in [3.05, 3.63) is 90.0 Å². The van der Waals surface area contributed by atoms with Crippen LogP contribution in [0.15, 0.2) is 72.9 Å². The lowest BCUT2D eigenvalue weighted by Gasteiger charge is -2.07. The number of rotatable bonds is 9. The van der Waals surface area contributed by atoms with Crippen LogP contribution in [0.3, 0.4) is 0 Å². The molecule has 2 aromatic carbocycles. The smallest absolute Gasteiger partial charge is 0.248 e. The number of carbonyl (C=O) groups excluding carboxylic acids is 1. The van der Waals surface area contributed by atoms with Crippen LogP contribution in [-0.4, -0.2) is 39.0 Å². The van der Waals surface area contributed by atoms with Crippen molar-refractivity contribution in [3.8, 4) is 28.4 Å². The Bertz CT molecular complexity index is 1580. The van der Waals surface area contributed by atoms with Gasteiger partial charge in [0.15, 0.2) is 0 Å². The molecule has 186 valence electrons. The quantitative estimate of drug-likeness (QED) is 0.242. The van der Waals surface area contributed by atoms with Gasteiger partial charge in [-0.15, -0.1) is 0 Å². The Morgan fingerprint density at radius 2 is 1.92 bits per heavy atom. The molecule has 5 rings (SSSR count). The maximum absolute atomic E-state index is 11.5. The van der Waals surface area contributed by atoms with Crippen molar-refractivity contribution in [2.24, 2.45) is 11.5 Å². The summed E-state index contributed by atoms with van der Waals surface area (Å²) in [6.07, 6.45) is 1.70. The lowest BCUT2D eigenvalue weighted by Crippen LogP contribution is -2.11. The molecule has 3 aromatic heterocycles. The van der Waals surface area contributed by atoms with Crippen molar-refractivity contribution in [1.82, 2.24) is 19.9 Å². The van der Waals surface area contributed by atoms with Crippen molar-refractivity contribution >= 4 is 22.5 Å². The molecule has 0 bridgehead atoms. The summed E-state index contributed by atoms with van der Waals surface area (Å²) >= 11 is 0. The predicted octanol–water partition coefficient (Wildman–Crippen LogP) is 4.04. The molecule has 37 heavy (non-hydrogen) atoms. The van der Waals surface area contributed by atoms with Gasteiger partial charge in [-0.25, -0.2) is 4.98 Å². The van der Waals surface area contributed by atoms with Crippen molar-refractivity contribution in [1.29, 1.82) is 0 Å². The monoisotopic (exact) mass is 493 g/mol. The Kier molecular flexibility index (Phi) is 6.78. The molecule has 6 N–H and O–H groups in total. The van der Waals surface area contributed by atoms with Gasteiger partial charge in [0.25, 0.3) is 0 Å². The number of imidazole rings is 1. The van der Waals surface area contributed by atoms with E-state index in [0.29, 0.717) is 31.0 Å². The predicted molar refractivity (Wildman–Crippen MR) is 144 cm³/mol. The van der Waals surface area contributed by atoms with E-state index in [-0.39, 0.29) is 0 Å². The summed E-state index contributed by atoms with van der Waals surface area (Å²) in [6.45, 7) is 3.22.